The van der Waals surface area contributed by atoms with Crippen LogP contribution in [0.3, 0.4) is 0 Å². The number of piperidine rings is 1. The van der Waals surface area contributed by atoms with Crippen LogP contribution in [0.2, 0.25) is 0 Å². The molecule has 0 unspecified atom stereocenters. The number of fused-ring (bicyclic) bond motifs is 1. The van der Waals surface area contributed by atoms with Gasteiger partial charge in [-0.2, -0.15) is 13.2 Å². The van der Waals surface area contributed by atoms with Gasteiger partial charge < -0.3 is 14.8 Å². The van der Waals surface area contributed by atoms with Crippen LogP contribution in [0.25, 0.3) is 10.4 Å². The Morgan fingerprint density at radius 3 is 2.91 bits per heavy atom. The molecule has 10 nitrogen and oxygen atoms in total. The van der Waals surface area contributed by atoms with Gasteiger partial charge in [-0.3, -0.25) is 10.1 Å². The van der Waals surface area contributed by atoms with Gasteiger partial charge in [0.1, 0.15) is 17.0 Å². The molecular formula is C18H16BrF3N6O4. The van der Waals surface area contributed by atoms with Crippen molar-refractivity contribution in [2.45, 2.75) is 37.4 Å². The SMILES string of the molecule is C#CCOCc1ccc(Br)nc1NC(=O)[C@@H]1C[C@]2(CN=[N+]=[N-])C[C@]2(OC(=O)C(F)(F)F)N1. The zero-order valence-corrected chi connectivity index (χ0v) is 17.9. The molecule has 3 rings (SSSR count). The average Bonchev–Trinajstić information content (AvgIpc) is 3.20. The molecule has 0 aromatic carbocycles. The van der Waals surface area contributed by atoms with Crippen molar-refractivity contribution in [2.75, 3.05) is 18.5 Å². The number of halogens is 4. The summed E-state index contributed by atoms with van der Waals surface area (Å²) in [6, 6.07) is 2.26. The van der Waals surface area contributed by atoms with E-state index in [1.807, 2.05) is 0 Å². The van der Waals surface area contributed by atoms with Crippen LogP contribution in [0.1, 0.15) is 18.4 Å². The Bertz CT molecular complexity index is 1020. The average molecular weight is 517 g/mol. The van der Waals surface area contributed by atoms with Gasteiger partial charge >= 0.3 is 12.1 Å². The maximum Gasteiger partial charge on any atom is 0.490 e. The minimum atomic E-state index is -5.21. The number of ether oxygens (including phenoxy) is 2. The van der Waals surface area contributed by atoms with E-state index in [1.54, 1.807) is 12.1 Å². The lowest BCUT2D eigenvalue weighted by atomic mass is 9.99. The maximum atomic E-state index is 12.8. The van der Waals surface area contributed by atoms with Crippen molar-refractivity contribution in [1.82, 2.24) is 10.3 Å². The van der Waals surface area contributed by atoms with E-state index in [9.17, 15) is 22.8 Å². The molecule has 2 aliphatic rings. The standard InChI is InChI=1S/C18H16BrF3N6O4/c1-2-5-31-7-10-3-4-12(19)25-13(10)26-14(29)11-6-16(9-24-28-23)8-17(16,27-11)32-15(30)18(20,21)22/h1,3-4,11,27H,5-9H2,(H,25,26,29)/t11-,16+,17+/m0/s1. The molecule has 0 radical (unpaired) electrons. The van der Waals surface area contributed by atoms with Crippen LogP contribution < -0.4 is 10.6 Å². The summed E-state index contributed by atoms with van der Waals surface area (Å²) in [7, 11) is 0. The first-order valence-electron chi connectivity index (χ1n) is 9.12. The third-order valence-corrected chi connectivity index (χ3v) is 5.64. The third-order valence-electron chi connectivity index (χ3n) is 5.20. The van der Waals surface area contributed by atoms with E-state index in [0.717, 1.165) is 0 Å². The molecule has 1 aromatic heterocycles. The minimum Gasteiger partial charge on any atom is -0.437 e. The first kappa shape index (κ1) is 23.8. The van der Waals surface area contributed by atoms with Gasteiger partial charge in [-0.05, 0) is 33.9 Å². The van der Waals surface area contributed by atoms with Gasteiger partial charge in [0, 0.05) is 28.9 Å². The summed E-state index contributed by atoms with van der Waals surface area (Å²) >= 11 is 3.20. The van der Waals surface area contributed by atoms with Gasteiger partial charge in [-0.1, -0.05) is 17.1 Å². The number of carbonyl (C=O) groups is 2. The van der Waals surface area contributed by atoms with Crippen LogP contribution in [0.4, 0.5) is 19.0 Å². The Morgan fingerprint density at radius 2 is 2.25 bits per heavy atom. The second-order valence-electron chi connectivity index (χ2n) is 7.29. The lowest BCUT2D eigenvalue weighted by Gasteiger charge is -2.20. The second kappa shape index (κ2) is 8.95. The van der Waals surface area contributed by atoms with Crippen LogP contribution in [0.5, 0.6) is 0 Å². The van der Waals surface area contributed by atoms with Gasteiger partial charge in [-0.15, -0.1) is 6.42 Å². The number of carbonyl (C=O) groups excluding carboxylic acids is 2. The summed E-state index contributed by atoms with van der Waals surface area (Å²) in [5.74, 6) is -0.543. The number of alkyl halides is 3. The molecule has 2 heterocycles. The normalized spacial score (nSPS) is 25.8. The maximum absolute atomic E-state index is 12.8. The van der Waals surface area contributed by atoms with Crippen LogP contribution in [-0.2, 0) is 25.7 Å². The Morgan fingerprint density at radius 1 is 1.50 bits per heavy atom. The Hall–Kier alpha value is -2.85. The summed E-state index contributed by atoms with van der Waals surface area (Å²) in [5.41, 5.74) is 6.25. The Balaban J connectivity index is 1.76. The lowest BCUT2D eigenvalue weighted by Crippen LogP contribution is -2.46. The van der Waals surface area contributed by atoms with E-state index in [1.165, 1.54) is 0 Å². The molecule has 1 aromatic rings. The van der Waals surface area contributed by atoms with E-state index in [0.29, 0.717) is 10.2 Å². The number of terminal acetylenes is 1. The highest BCUT2D eigenvalue weighted by Gasteiger charge is 2.77. The molecule has 170 valence electrons. The number of hydrogen-bond acceptors (Lipinski definition) is 7. The van der Waals surface area contributed by atoms with Gasteiger partial charge in [0.15, 0.2) is 5.72 Å². The minimum absolute atomic E-state index is 0.0140. The molecule has 1 saturated heterocycles. The molecule has 0 spiro atoms. The van der Waals surface area contributed by atoms with Crippen molar-refractivity contribution < 1.29 is 32.2 Å². The Kier molecular flexibility index (Phi) is 6.66. The fourth-order valence-corrected chi connectivity index (χ4v) is 3.98. The fraction of sp³-hybridized carbons (Fsp3) is 0.500. The number of esters is 1. The van der Waals surface area contributed by atoms with E-state index in [4.69, 9.17) is 16.7 Å². The first-order chi connectivity index (χ1) is 15.1. The number of aromatic nitrogens is 1. The highest BCUT2D eigenvalue weighted by molar-refractivity contribution is 9.10. The van der Waals surface area contributed by atoms with Crippen molar-refractivity contribution in [3.63, 3.8) is 0 Å². The van der Waals surface area contributed by atoms with Crippen molar-refractivity contribution in [2.24, 2.45) is 10.5 Å². The van der Waals surface area contributed by atoms with E-state index >= 15 is 0 Å². The van der Waals surface area contributed by atoms with Crippen LogP contribution in [0, 0.1) is 17.8 Å². The van der Waals surface area contributed by atoms with Crippen LogP contribution in [-0.4, -0.2) is 48.0 Å². The number of rotatable bonds is 8. The van der Waals surface area contributed by atoms with Gasteiger partial charge in [0.05, 0.1) is 12.6 Å². The number of anilines is 1. The third kappa shape index (κ3) is 4.81. The van der Waals surface area contributed by atoms with Crippen molar-refractivity contribution in [3.05, 3.63) is 32.7 Å². The van der Waals surface area contributed by atoms with Crippen molar-refractivity contribution in [1.29, 1.82) is 0 Å². The first-order valence-corrected chi connectivity index (χ1v) is 9.91. The van der Waals surface area contributed by atoms with Crippen LogP contribution >= 0.6 is 15.9 Å². The molecule has 2 N–H and O–H groups in total. The number of hydrogen-bond donors (Lipinski definition) is 2. The molecule has 1 aliphatic carbocycles. The van der Waals surface area contributed by atoms with Crippen molar-refractivity contribution >= 4 is 33.6 Å². The fourth-order valence-electron chi connectivity index (χ4n) is 3.67. The number of nitrogens with zero attached hydrogens (tertiary/aromatic N) is 4. The lowest BCUT2D eigenvalue weighted by molar-refractivity contribution is -0.209. The molecule has 14 heteroatoms. The van der Waals surface area contributed by atoms with Gasteiger partial charge in [0.2, 0.25) is 5.91 Å². The smallest absolute Gasteiger partial charge is 0.437 e. The van der Waals surface area contributed by atoms with Crippen molar-refractivity contribution in [3.8, 4) is 12.3 Å². The topological polar surface area (TPSA) is 138 Å². The Labute approximate surface area is 188 Å². The summed E-state index contributed by atoms with van der Waals surface area (Å²) in [5, 5.41) is 8.67. The molecule has 32 heavy (non-hydrogen) atoms. The predicted molar refractivity (Wildman–Crippen MR) is 107 cm³/mol. The number of pyridine rings is 1. The summed E-state index contributed by atoms with van der Waals surface area (Å²) < 4.78 is 48.5. The van der Waals surface area contributed by atoms with Crippen LogP contribution in [0.15, 0.2) is 21.9 Å². The molecule has 1 aliphatic heterocycles. The molecule has 1 saturated carbocycles. The molecule has 3 atom stereocenters. The second-order valence-corrected chi connectivity index (χ2v) is 8.10. The summed E-state index contributed by atoms with van der Waals surface area (Å²) in [6.07, 6.45) is -0.104. The monoisotopic (exact) mass is 516 g/mol. The quantitative estimate of drug-likeness (QED) is 0.104. The molecular weight excluding hydrogens is 501 g/mol. The molecule has 1 amide bonds. The molecule has 2 fully saturated rings. The predicted octanol–water partition coefficient (Wildman–Crippen LogP) is 2.80. The number of nitrogens with one attached hydrogen (secondary N) is 2. The highest BCUT2D eigenvalue weighted by Crippen LogP contribution is 2.64. The largest absolute Gasteiger partial charge is 0.490 e. The highest BCUT2D eigenvalue weighted by atomic mass is 79.9. The summed E-state index contributed by atoms with van der Waals surface area (Å²) in [6.45, 7) is -0.138. The number of amides is 1. The number of azide groups is 1. The van der Waals surface area contributed by atoms with E-state index in [2.05, 4.69) is 52.2 Å². The van der Waals surface area contributed by atoms with E-state index in [-0.39, 0.29) is 38.4 Å². The zero-order valence-electron chi connectivity index (χ0n) is 16.3. The van der Waals surface area contributed by atoms with E-state index < -0.39 is 35.2 Å². The van der Waals surface area contributed by atoms with Gasteiger partial charge in [-0.25, -0.2) is 9.78 Å². The zero-order chi connectivity index (χ0) is 23.6. The van der Waals surface area contributed by atoms with Gasteiger partial charge in [0.25, 0.3) is 0 Å². The summed E-state index contributed by atoms with van der Waals surface area (Å²) in [4.78, 5) is 31.1. The molecule has 0 bridgehead atoms.